The molecule has 2 N–H and O–H groups in total. The topological polar surface area (TPSA) is 48.1 Å². The van der Waals surface area contributed by atoms with Gasteiger partial charge in [-0.15, -0.1) is 0 Å². The number of hydrogen-bond donors (Lipinski definition) is 1. The number of rotatable bonds is 4. The number of halogens is 3. The molecule has 0 saturated heterocycles. The summed E-state index contributed by atoms with van der Waals surface area (Å²) in [7, 11) is 0. The number of nitrogens with two attached hydrogens (primary N) is 1. The van der Waals surface area contributed by atoms with Crippen molar-refractivity contribution in [3.63, 3.8) is 0 Å². The molecular weight excluding hydrogens is 221 g/mol. The van der Waals surface area contributed by atoms with Gasteiger partial charge in [-0.3, -0.25) is 0 Å². The molecule has 0 fully saturated rings. The van der Waals surface area contributed by atoms with E-state index in [-0.39, 0.29) is 12.4 Å². The zero-order chi connectivity index (χ0) is 12.2. The Bertz CT molecular complexity index is 330. The summed E-state index contributed by atoms with van der Waals surface area (Å²) in [6, 6.07) is 3.17. The van der Waals surface area contributed by atoms with E-state index in [0.717, 1.165) is 0 Å². The lowest BCUT2D eigenvalue weighted by atomic mass is 10.2. The van der Waals surface area contributed by atoms with Crippen molar-refractivity contribution in [1.82, 2.24) is 4.98 Å². The summed E-state index contributed by atoms with van der Waals surface area (Å²) in [5.74, 6) is -0.0304. The van der Waals surface area contributed by atoms with Crippen molar-refractivity contribution in [1.29, 1.82) is 0 Å². The van der Waals surface area contributed by atoms with Crippen LogP contribution in [0.1, 0.15) is 18.2 Å². The summed E-state index contributed by atoms with van der Waals surface area (Å²) in [6.45, 7) is 0.769. The van der Waals surface area contributed by atoms with Crippen molar-refractivity contribution in [3.05, 3.63) is 23.4 Å². The molecule has 0 aliphatic rings. The number of ether oxygens (including phenoxy) is 1. The first-order valence-electron chi connectivity index (χ1n) is 4.84. The maximum Gasteiger partial charge on any atom is 0.422 e. The van der Waals surface area contributed by atoms with Gasteiger partial charge in [-0.1, -0.05) is 6.92 Å². The van der Waals surface area contributed by atoms with Crippen molar-refractivity contribution in [2.75, 3.05) is 6.61 Å². The van der Waals surface area contributed by atoms with Gasteiger partial charge in [-0.2, -0.15) is 13.2 Å². The highest BCUT2D eigenvalue weighted by atomic mass is 19.4. The smallest absolute Gasteiger partial charge is 0.422 e. The summed E-state index contributed by atoms with van der Waals surface area (Å²) in [6.07, 6.45) is -3.73. The third-order valence-corrected chi connectivity index (χ3v) is 1.90. The molecule has 0 amide bonds. The average molecular weight is 234 g/mol. The lowest BCUT2D eigenvalue weighted by Gasteiger charge is -2.10. The standard InChI is InChI=1S/C10H13F3N2O/c1-2-8-3-7(5-14)4-9(15-8)16-6-10(11,12)13/h3-4H,2,5-6,14H2,1H3. The molecule has 6 heteroatoms. The van der Waals surface area contributed by atoms with Gasteiger partial charge in [-0.05, 0) is 18.1 Å². The minimum absolute atomic E-state index is 0.0304. The van der Waals surface area contributed by atoms with E-state index in [1.807, 2.05) is 6.92 Å². The summed E-state index contributed by atoms with van der Waals surface area (Å²) < 4.78 is 40.3. The van der Waals surface area contributed by atoms with Crippen molar-refractivity contribution in [2.24, 2.45) is 5.73 Å². The molecule has 0 unspecified atom stereocenters. The number of aromatic nitrogens is 1. The van der Waals surface area contributed by atoms with Gasteiger partial charge in [0.1, 0.15) is 0 Å². The Labute approximate surface area is 91.4 Å². The van der Waals surface area contributed by atoms with Crippen LogP contribution in [-0.2, 0) is 13.0 Å². The largest absolute Gasteiger partial charge is 0.468 e. The molecule has 16 heavy (non-hydrogen) atoms. The molecule has 1 aromatic rings. The van der Waals surface area contributed by atoms with Crippen LogP contribution in [0.4, 0.5) is 13.2 Å². The quantitative estimate of drug-likeness (QED) is 0.867. The van der Waals surface area contributed by atoms with Gasteiger partial charge in [0.2, 0.25) is 5.88 Å². The molecule has 1 aromatic heterocycles. The predicted molar refractivity (Wildman–Crippen MR) is 53.1 cm³/mol. The molecule has 0 bridgehead atoms. The second kappa shape index (κ2) is 5.16. The number of alkyl halides is 3. The van der Waals surface area contributed by atoms with E-state index in [1.165, 1.54) is 6.07 Å². The second-order valence-electron chi connectivity index (χ2n) is 3.27. The summed E-state index contributed by atoms with van der Waals surface area (Å²) in [5.41, 5.74) is 6.80. The molecular formula is C10H13F3N2O. The van der Waals surface area contributed by atoms with Crippen molar-refractivity contribution in [2.45, 2.75) is 26.1 Å². The Hall–Kier alpha value is -1.30. The van der Waals surface area contributed by atoms with Crippen LogP contribution in [0.2, 0.25) is 0 Å². The van der Waals surface area contributed by atoms with Crippen LogP contribution in [0.15, 0.2) is 12.1 Å². The minimum Gasteiger partial charge on any atom is -0.468 e. The maximum atomic E-state index is 11.9. The van der Waals surface area contributed by atoms with E-state index in [9.17, 15) is 13.2 Å². The first-order valence-corrected chi connectivity index (χ1v) is 4.84. The molecule has 0 saturated carbocycles. The molecule has 1 rings (SSSR count). The third kappa shape index (κ3) is 4.06. The predicted octanol–water partition coefficient (Wildman–Crippen LogP) is 2.04. The van der Waals surface area contributed by atoms with Crippen LogP contribution < -0.4 is 10.5 Å². The van der Waals surface area contributed by atoms with Gasteiger partial charge in [0.15, 0.2) is 6.61 Å². The molecule has 3 nitrogen and oxygen atoms in total. The number of hydrogen-bond acceptors (Lipinski definition) is 3. The van der Waals surface area contributed by atoms with E-state index in [2.05, 4.69) is 9.72 Å². The fraction of sp³-hybridized carbons (Fsp3) is 0.500. The van der Waals surface area contributed by atoms with Gasteiger partial charge in [0.25, 0.3) is 0 Å². The first kappa shape index (κ1) is 12.8. The zero-order valence-corrected chi connectivity index (χ0v) is 8.84. The van der Waals surface area contributed by atoms with Crippen LogP contribution in [0, 0.1) is 0 Å². The molecule has 1 heterocycles. The fourth-order valence-corrected chi connectivity index (χ4v) is 1.15. The van der Waals surface area contributed by atoms with E-state index >= 15 is 0 Å². The minimum atomic E-state index is -4.35. The van der Waals surface area contributed by atoms with Crippen LogP contribution in [0.3, 0.4) is 0 Å². The molecule has 0 radical (unpaired) electrons. The van der Waals surface area contributed by atoms with Gasteiger partial charge >= 0.3 is 6.18 Å². The van der Waals surface area contributed by atoms with E-state index in [4.69, 9.17) is 5.73 Å². The van der Waals surface area contributed by atoms with Crippen LogP contribution in [0.25, 0.3) is 0 Å². The number of nitrogens with zero attached hydrogens (tertiary/aromatic N) is 1. The summed E-state index contributed by atoms with van der Waals surface area (Å²) in [4.78, 5) is 3.93. The van der Waals surface area contributed by atoms with Gasteiger partial charge in [0.05, 0.1) is 0 Å². The normalized spacial score (nSPS) is 11.6. The molecule has 0 aromatic carbocycles. The zero-order valence-electron chi connectivity index (χ0n) is 8.84. The monoisotopic (exact) mass is 234 g/mol. The average Bonchev–Trinajstić information content (AvgIpc) is 2.25. The van der Waals surface area contributed by atoms with Crippen molar-refractivity contribution >= 4 is 0 Å². The Balaban J connectivity index is 2.79. The third-order valence-electron chi connectivity index (χ3n) is 1.90. The van der Waals surface area contributed by atoms with Crippen molar-refractivity contribution < 1.29 is 17.9 Å². The van der Waals surface area contributed by atoms with Gasteiger partial charge in [0, 0.05) is 18.3 Å². The second-order valence-corrected chi connectivity index (χ2v) is 3.27. The van der Waals surface area contributed by atoms with E-state index in [1.54, 1.807) is 6.07 Å². The highest BCUT2D eigenvalue weighted by molar-refractivity contribution is 5.25. The SMILES string of the molecule is CCc1cc(CN)cc(OCC(F)(F)F)n1. The highest BCUT2D eigenvalue weighted by Crippen LogP contribution is 2.18. The molecule has 0 aliphatic carbocycles. The Morgan fingerprint density at radius 2 is 2.06 bits per heavy atom. The first-order chi connectivity index (χ1) is 7.44. The summed E-state index contributed by atoms with van der Waals surface area (Å²) in [5, 5.41) is 0. The lowest BCUT2D eigenvalue weighted by Crippen LogP contribution is -2.20. The van der Waals surface area contributed by atoms with Crippen LogP contribution in [-0.4, -0.2) is 17.8 Å². The molecule has 90 valence electrons. The van der Waals surface area contributed by atoms with Gasteiger partial charge < -0.3 is 10.5 Å². The fourth-order valence-electron chi connectivity index (χ4n) is 1.15. The Kier molecular flexibility index (Phi) is 4.12. The van der Waals surface area contributed by atoms with Gasteiger partial charge in [-0.25, -0.2) is 4.98 Å². The van der Waals surface area contributed by atoms with Crippen LogP contribution >= 0.6 is 0 Å². The Morgan fingerprint density at radius 3 is 2.56 bits per heavy atom. The number of aryl methyl sites for hydroxylation is 1. The van der Waals surface area contributed by atoms with E-state index in [0.29, 0.717) is 17.7 Å². The maximum absolute atomic E-state index is 11.9. The highest BCUT2D eigenvalue weighted by Gasteiger charge is 2.28. The van der Waals surface area contributed by atoms with E-state index < -0.39 is 12.8 Å². The van der Waals surface area contributed by atoms with Crippen molar-refractivity contribution in [3.8, 4) is 5.88 Å². The summed E-state index contributed by atoms with van der Waals surface area (Å²) >= 11 is 0. The molecule has 0 aliphatic heterocycles. The number of pyridine rings is 1. The Morgan fingerprint density at radius 1 is 1.38 bits per heavy atom. The molecule has 0 atom stereocenters. The lowest BCUT2D eigenvalue weighted by molar-refractivity contribution is -0.154. The molecule has 0 spiro atoms. The van der Waals surface area contributed by atoms with Crippen LogP contribution in [0.5, 0.6) is 5.88 Å².